The van der Waals surface area contributed by atoms with Crippen molar-refractivity contribution in [1.29, 1.82) is 0 Å². The molecule has 1 aliphatic rings. The molecule has 11 heteroatoms. The Morgan fingerprint density at radius 3 is 2.53 bits per heavy atom. The molecule has 3 heterocycles. The first-order valence-electron chi connectivity index (χ1n) is 14.4. The molecular weight excluding hydrogens is 552 g/mol. The van der Waals surface area contributed by atoms with E-state index in [9.17, 15) is 14.4 Å². The minimum atomic E-state index is -1.07. The summed E-state index contributed by atoms with van der Waals surface area (Å²) in [6, 6.07) is 17.0. The second-order valence-corrected chi connectivity index (χ2v) is 10.4. The number of carboxylic acid groups (broad SMARTS) is 1. The summed E-state index contributed by atoms with van der Waals surface area (Å²) >= 11 is 0. The number of imide groups is 1. The predicted molar refractivity (Wildman–Crippen MR) is 160 cm³/mol. The molecule has 1 atom stereocenters. The lowest BCUT2D eigenvalue weighted by molar-refractivity contribution is -0.151. The number of carbonyl (C=O) groups is 3. The molecule has 2 N–H and O–H groups in total. The van der Waals surface area contributed by atoms with Crippen molar-refractivity contribution in [3.63, 3.8) is 0 Å². The number of para-hydroxylation sites is 1. The molecule has 0 bridgehead atoms. The Morgan fingerprint density at radius 1 is 1.00 bits per heavy atom. The second kappa shape index (κ2) is 14.1. The first-order chi connectivity index (χ1) is 21.0. The molecule has 2 aromatic carbocycles. The summed E-state index contributed by atoms with van der Waals surface area (Å²) in [7, 11) is 1.60. The van der Waals surface area contributed by atoms with Gasteiger partial charge in [-0.2, -0.15) is 0 Å². The topological polar surface area (TPSA) is 132 Å². The number of hydrogen-bond acceptors (Lipinski definition) is 7. The zero-order chi connectivity index (χ0) is 30.2. The molecule has 1 fully saturated rings. The van der Waals surface area contributed by atoms with Crippen molar-refractivity contribution in [3.8, 4) is 5.75 Å². The van der Waals surface area contributed by atoms with E-state index < -0.39 is 12.1 Å². The van der Waals surface area contributed by atoms with Crippen LogP contribution in [-0.4, -0.2) is 77.5 Å². The van der Waals surface area contributed by atoms with Crippen molar-refractivity contribution in [3.05, 3.63) is 71.9 Å². The van der Waals surface area contributed by atoms with E-state index in [1.807, 2.05) is 59.3 Å². The molecule has 0 saturated carbocycles. The smallest absolute Gasteiger partial charge is 0.404 e. The molecule has 3 amide bonds. The first kappa shape index (κ1) is 30.0. The van der Waals surface area contributed by atoms with Crippen molar-refractivity contribution in [1.82, 2.24) is 19.8 Å². The number of piperidine rings is 1. The van der Waals surface area contributed by atoms with Crippen LogP contribution in [0.15, 0.2) is 60.8 Å². The minimum absolute atomic E-state index is 0.169. The summed E-state index contributed by atoms with van der Waals surface area (Å²) < 4.78 is 18.2. The predicted octanol–water partition coefficient (Wildman–Crippen LogP) is 4.32. The maximum atomic E-state index is 13.8. The fourth-order valence-electron chi connectivity index (χ4n) is 5.44. The number of ether oxygens (including phenoxy) is 3. The van der Waals surface area contributed by atoms with Crippen LogP contribution < -0.4 is 10.1 Å². The number of rotatable bonds is 14. The van der Waals surface area contributed by atoms with Gasteiger partial charge in [-0.3, -0.25) is 14.5 Å². The fraction of sp³-hybridized carbons (Fsp3) is 0.375. The van der Waals surface area contributed by atoms with Gasteiger partial charge in [-0.05, 0) is 54.7 Å². The van der Waals surface area contributed by atoms with Gasteiger partial charge in [0.2, 0.25) is 5.91 Å². The molecule has 1 saturated heterocycles. The zero-order valence-corrected chi connectivity index (χ0v) is 24.2. The highest BCUT2D eigenvalue weighted by atomic mass is 16.5. The number of benzene rings is 2. The van der Waals surface area contributed by atoms with Crippen LogP contribution in [0.5, 0.6) is 5.75 Å². The summed E-state index contributed by atoms with van der Waals surface area (Å²) in [6.45, 7) is 2.16. The number of pyridine rings is 1. The molecule has 1 aliphatic heterocycles. The van der Waals surface area contributed by atoms with Crippen LogP contribution in [0.2, 0.25) is 0 Å². The van der Waals surface area contributed by atoms with Crippen LogP contribution in [-0.2, 0) is 32.0 Å². The van der Waals surface area contributed by atoms with Crippen LogP contribution in [0.1, 0.15) is 36.4 Å². The molecule has 43 heavy (non-hydrogen) atoms. The summed E-state index contributed by atoms with van der Waals surface area (Å²) in [5.74, 6) is 0.326. The standard InChI is InChI=1S/C32H36N4O7/c1-41-24-10-8-22(9-11-24)21-35-29(37)13-12-28(31(35)38)36-27-7-3-2-6-25(27)26-19-23(20-34-30(26)36)5-4-15-42-17-18-43-16-14-33-32(39)40/h2-3,6-11,19-20,28,33H,4-5,12-18,21H2,1H3,(H,39,40). The monoisotopic (exact) mass is 588 g/mol. The van der Waals surface area contributed by atoms with Gasteiger partial charge in [-0.15, -0.1) is 0 Å². The number of hydrogen-bond donors (Lipinski definition) is 2. The lowest BCUT2D eigenvalue weighted by Gasteiger charge is -2.32. The average molecular weight is 589 g/mol. The lowest BCUT2D eigenvalue weighted by Crippen LogP contribution is -2.45. The zero-order valence-electron chi connectivity index (χ0n) is 24.2. The maximum absolute atomic E-state index is 13.8. The molecule has 5 rings (SSSR count). The SMILES string of the molecule is COc1ccc(CN2C(=O)CCC(n3c4ccccc4c4cc(CCCOCCOCCNC(=O)O)cnc43)C2=O)cc1. The van der Waals surface area contributed by atoms with Gasteiger partial charge in [-0.1, -0.05) is 30.3 Å². The van der Waals surface area contributed by atoms with E-state index in [0.717, 1.165) is 51.7 Å². The van der Waals surface area contributed by atoms with Crippen LogP contribution >= 0.6 is 0 Å². The highest BCUT2D eigenvalue weighted by Crippen LogP contribution is 2.35. The third kappa shape index (κ3) is 7.12. The Balaban J connectivity index is 1.26. The molecule has 0 spiro atoms. The van der Waals surface area contributed by atoms with Gasteiger partial charge in [0, 0.05) is 36.5 Å². The molecule has 0 radical (unpaired) electrons. The number of methoxy groups -OCH3 is 1. The molecule has 11 nitrogen and oxygen atoms in total. The minimum Gasteiger partial charge on any atom is -0.497 e. The molecule has 2 aromatic heterocycles. The summed E-state index contributed by atoms with van der Waals surface area (Å²) in [5.41, 5.74) is 3.58. The van der Waals surface area contributed by atoms with Gasteiger partial charge in [0.1, 0.15) is 17.4 Å². The van der Waals surface area contributed by atoms with Gasteiger partial charge in [0.25, 0.3) is 5.91 Å². The number of amides is 3. The average Bonchev–Trinajstić information content (AvgIpc) is 3.34. The fourth-order valence-corrected chi connectivity index (χ4v) is 5.44. The maximum Gasteiger partial charge on any atom is 0.404 e. The van der Waals surface area contributed by atoms with Crippen LogP contribution in [0, 0.1) is 0 Å². The first-order valence-corrected chi connectivity index (χ1v) is 14.4. The van der Waals surface area contributed by atoms with E-state index in [4.69, 9.17) is 24.3 Å². The quantitative estimate of drug-likeness (QED) is 0.164. The Hall–Kier alpha value is -4.48. The van der Waals surface area contributed by atoms with Crippen LogP contribution in [0.4, 0.5) is 4.79 Å². The van der Waals surface area contributed by atoms with Crippen LogP contribution in [0.25, 0.3) is 21.9 Å². The molecular formula is C32H36N4O7. The second-order valence-electron chi connectivity index (χ2n) is 10.4. The van der Waals surface area contributed by atoms with Crippen molar-refractivity contribution >= 4 is 39.8 Å². The summed E-state index contributed by atoms with van der Waals surface area (Å²) in [4.78, 5) is 43.3. The van der Waals surface area contributed by atoms with E-state index in [-0.39, 0.29) is 31.3 Å². The van der Waals surface area contributed by atoms with Gasteiger partial charge in [0.15, 0.2) is 0 Å². The molecule has 226 valence electrons. The van der Waals surface area contributed by atoms with Gasteiger partial charge in [0.05, 0.1) is 39.0 Å². The number of likely N-dealkylation sites (tertiary alicyclic amines) is 1. The summed E-state index contributed by atoms with van der Waals surface area (Å²) in [5, 5.41) is 12.8. The van der Waals surface area contributed by atoms with Gasteiger partial charge in [-0.25, -0.2) is 9.78 Å². The van der Waals surface area contributed by atoms with Gasteiger partial charge < -0.3 is 29.2 Å². The Morgan fingerprint density at radius 2 is 1.77 bits per heavy atom. The van der Waals surface area contributed by atoms with Crippen LogP contribution in [0.3, 0.4) is 0 Å². The van der Waals surface area contributed by atoms with Crippen molar-refractivity contribution < 1.29 is 33.7 Å². The number of nitrogens with zero attached hydrogens (tertiary/aromatic N) is 3. The third-order valence-corrected chi connectivity index (χ3v) is 7.55. The van der Waals surface area contributed by atoms with Crippen molar-refractivity contribution in [2.75, 3.05) is 40.1 Å². The number of carbonyl (C=O) groups excluding carboxylic acids is 2. The number of aryl methyl sites for hydroxylation is 1. The number of nitrogens with one attached hydrogen (secondary N) is 1. The number of aromatic nitrogens is 2. The molecule has 0 aliphatic carbocycles. The Labute approximate surface area is 249 Å². The van der Waals surface area contributed by atoms with E-state index in [2.05, 4.69) is 11.4 Å². The highest BCUT2D eigenvalue weighted by Gasteiger charge is 2.37. The van der Waals surface area contributed by atoms with E-state index >= 15 is 0 Å². The van der Waals surface area contributed by atoms with E-state index in [1.165, 1.54) is 4.90 Å². The normalized spacial score (nSPS) is 15.4. The largest absolute Gasteiger partial charge is 0.497 e. The molecule has 4 aromatic rings. The Bertz CT molecular complexity index is 1580. The van der Waals surface area contributed by atoms with E-state index in [1.54, 1.807) is 7.11 Å². The van der Waals surface area contributed by atoms with Crippen molar-refractivity contribution in [2.24, 2.45) is 0 Å². The highest BCUT2D eigenvalue weighted by molar-refractivity contribution is 6.09. The summed E-state index contributed by atoms with van der Waals surface area (Å²) in [6.07, 6.45) is 3.06. The Kier molecular flexibility index (Phi) is 9.85. The molecule has 1 unspecified atom stereocenters. The third-order valence-electron chi connectivity index (χ3n) is 7.55. The van der Waals surface area contributed by atoms with E-state index in [0.29, 0.717) is 32.8 Å². The van der Waals surface area contributed by atoms with Crippen molar-refractivity contribution in [2.45, 2.75) is 38.3 Å². The van der Waals surface area contributed by atoms with Gasteiger partial charge >= 0.3 is 6.09 Å². The number of fused-ring (bicyclic) bond motifs is 3. The lowest BCUT2D eigenvalue weighted by atomic mass is 10.0.